The van der Waals surface area contributed by atoms with E-state index in [9.17, 15) is 4.79 Å². The minimum atomic E-state index is -0.0713. The predicted octanol–water partition coefficient (Wildman–Crippen LogP) is 3.36. The van der Waals surface area contributed by atoms with Gasteiger partial charge >= 0.3 is 0 Å². The van der Waals surface area contributed by atoms with E-state index in [1.165, 1.54) is 23.7 Å². The summed E-state index contributed by atoms with van der Waals surface area (Å²) in [4.78, 5) is 19.3. The standard InChI is InChI=1S/C17H22ClN3O/c1-12-4-3-5-13(2)20(9-12)11-15-8-17(22)21-10-14(18)6-7-16(21)19-15/h6-8,10,12-13H,3-5,9,11H2,1-2H3/t12-,13-/m1/s1. The second-order valence-corrected chi connectivity index (χ2v) is 6.91. The molecule has 0 unspecified atom stereocenters. The SMILES string of the molecule is C[C@@H]1CCC[C@@H](C)N(Cc2cc(=O)n3cc(Cl)ccc3n2)C1. The number of rotatable bonds is 2. The summed E-state index contributed by atoms with van der Waals surface area (Å²) in [5.74, 6) is 0.699. The zero-order valence-corrected chi connectivity index (χ0v) is 13.9. The molecule has 1 saturated heterocycles. The smallest absolute Gasteiger partial charge is 0.258 e. The second kappa shape index (κ2) is 6.39. The highest BCUT2D eigenvalue weighted by Gasteiger charge is 2.21. The van der Waals surface area contributed by atoms with Gasteiger partial charge in [0.05, 0.1) is 10.7 Å². The van der Waals surface area contributed by atoms with Crippen molar-refractivity contribution in [1.29, 1.82) is 0 Å². The lowest BCUT2D eigenvalue weighted by molar-refractivity contribution is 0.184. The van der Waals surface area contributed by atoms with Crippen LogP contribution < -0.4 is 5.56 Å². The molecule has 118 valence electrons. The molecule has 3 rings (SSSR count). The van der Waals surface area contributed by atoms with Crippen LogP contribution in [0.5, 0.6) is 0 Å². The van der Waals surface area contributed by atoms with Gasteiger partial charge in [-0.15, -0.1) is 0 Å². The summed E-state index contributed by atoms with van der Waals surface area (Å²) >= 11 is 5.94. The molecule has 1 fully saturated rings. The lowest BCUT2D eigenvalue weighted by Crippen LogP contribution is -2.34. The van der Waals surface area contributed by atoms with Crippen molar-refractivity contribution in [2.24, 2.45) is 5.92 Å². The van der Waals surface area contributed by atoms with Crippen LogP contribution in [-0.2, 0) is 6.54 Å². The second-order valence-electron chi connectivity index (χ2n) is 6.48. The monoisotopic (exact) mass is 319 g/mol. The first-order valence-electron chi connectivity index (χ1n) is 7.95. The molecular weight excluding hydrogens is 298 g/mol. The lowest BCUT2D eigenvalue weighted by Gasteiger charge is -2.28. The quantitative estimate of drug-likeness (QED) is 0.852. The average molecular weight is 320 g/mol. The van der Waals surface area contributed by atoms with Crippen LogP contribution in [-0.4, -0.2) is 26.9 Å². The Morgan fingerprint density at radius 1 is 1.32 bits per heavy atom. The van der Waals surface area contributed by atoms with Crippen LogP contribution >= 0.6 is 11.6 Å². The molecule has 3 heterocycles. The van der Waals surface area contributed by atoms with Crippen LogP contribution in [0.3, 0.4) is 0 Å². The van der Waals surface area contributed by atoms with Crippen LogP contribution in [0, 0.1) is 5.92 Å². The minimum absolute atomic E-state index is 0.0713. The summed E-state index contributed by atoms with van der Waals surface area (Å²) in [6.07, 6.45) is 5.40. The fourth-order valence-electron chi connectivity index (χ4n) is 3.25. The molecule has 2 atom stereocenters. The van der Waals surface area contributed by atoms with E-state index in [0.717, 1.165) is 18.8 Å². The van der Waals surface area contributed by atoms with E-state index in [4.69, 9.17) is 11.6 Å². The molecule has 1 aliphatic rings. The minimum Gasteiger partial charge on any atom is -0.295 e. The third-order valence-corrected chi connectivity index (χ3v) is 4.75. The van der Waals surface area contributed by atoms with Crippen LogP contribution in [0.1, 0.15) is 38.8 Å². The molecule has 0 bridgehead atoms. The summed E-state index contributed by atoms with van der Waals surface area (Å²) in [6, 6.07) is 5.73. The molecule has 0 N–H and O–H groups in total. The maximum absolute atomic E-state index is 12.3. The molecule has 0 aromatic carbocycles. The first kappa shape index (κ1) is 15.5. The van der Waals surface area contributed by atoms with Crippen molar-refractivity contribution in [3.63, 3.8) is 0 Å². The summed E-state index contributed by atoms with van der Waals surface area (Å²) in [5.41, 5.74) is 1.42. The van der Waals surface area contributed by atoms with E-state index in [2.05, 4.69) is 23.7 Å². The number of likely N-dealkylation sites (tertiary alicyclic amines) is 1. The van der Waals surface area contributed by atoms with E-state index in [0.29, 0.717) is 22.6 Å². The molecular formula is C17H22ClN3O. The van der Waals surface area contributed by atoms with Gasteiger partial charge in [-0.1, -0.05) is 24.9 Å². The summed E-state index contributed by atoms with van der Waals surface area (Å²) < 4.78 is 1.50. The van der Waals surface area contributed by atoms with Crippen molar-refractivity contribution < 1.29 is 0 Å². The number of aromatic nitrogens is 2. The summed E-state index contributed by atoms with van der Waals surface area (Å²) in [6.45, 7) is 6.38. The predicted molar refractivity (Wildman–Crippen MR) is 89.4 cm³/mol. The van der Waals surface area contributed by atoms with Crippen LogP contribution in [0.25, 0.3) is 5.65 Å². The van der Waals surface area contributed by atoms with Crippen molar-refractivity contribution in [3.05, 3.63) is 45.5 Å². The molecule has 1 aliphatic heterocycles. The van der Waals surface area contributed by atoms with Gasteiger partial charge in [0.1, 0.15) is 5.65 Å². The van der Waals surface area contributed by atoms with Crippen LogP contribution in [0.4, 0.5) is 0 Å². The van der Waals surface area contributed by atoms with Crippen LogP contribution in [0.15, 0.2) is 29.2 Å². The summed E-state index contributed by atoms with van der Waals surface area (Å²) in [5, 5.41) is 0.541. The van der Waals surface area contributed by atoms with Gasteiger partial charge in [0.2, 0.25) is 0 Å². The Morgan fingerprint density at radius 2 is 2.14 bits per heavy atom. The zero-order valence-electron chi connectivity index (χ0n) is 13.1. The highest BCUT2D eigenvalue weighted by molar-refractivity contribution is 6.30. The average Bonchev–Trinajstić information content (AvgIpc) is 2.62. The van der Waals surface area contributed by atoms with Crippen LogP contribution in [0.2, 0.25) is 5.02 Å². The molecule has 2 aromatic rings. The first-order chi connectivity index (χ1) is 10.5. The number of nitrogens with zero attached hydrogens (tertiary/aromatic N) is 3. The molecule has 0 radical (unpaired) electrons. The van der Waals surface area contributed by atoms with Gasteiger partial charge in [0.15, 0.2) is 0 Å². The van der Waals surface area contributed by atoms with Crippen molar-refractivity contribution in [2.75, 3.05) is 6.54 Å². The Kier molecular flexibility index (Phi) is 4.50. The van der Waals surface area contributed by atoms with Crippen molar-refractivity contribution in [1.82, 2.24) is 14.3 Å². The van der Waals surface area contributed by atoms with Gasteiger partial charge in [-0.2, -0.15) is 0 Å². The molecule has 0 spiro atoms. The zero-order chi connectivity index (χ0) is 15.7. The van der Waals surface area contributed by atoms with E-state index in [-0.39, 0.29) is 5.56 Å². The van der Waals surface area contributed by atoms with Gasteiger partial charge in [-0.05, 0) is 37.8 Å². The number of hydrogen-bond donors (Lipinski definition) is 0. The highest BCUT2D eigenvalue weighted by atomic mass is 35.5. The fraction of sp³-hybridized carbons (Fsp3) is 0.529. The van der Waals surface area contributed by atoms with E-state index in [1.807, 2.05) is 0 Å². The Morgan fingerprint density at radius 3 is 2.95 bits per heavy atom. The lowest BCUT2D eigenvalue weighted by atomic mass is 10.1. The third-order valence-electron chi connectivity index (χ3n) is 4.53. The summed E-state index contributed by atoms with van der Waals surface area (Å²) in [7, 11) is 0. The molecule has 0 aliphatic carbocycles. The van der Waals surface area contributed by atoms with Gasteiger partial charge in [0.25, 0.3) is 5.56 Å². The molecule has 5 heteroatoms. The van der Waals surface area contributed by atoms with Gasteiger partial charge < -0.3 is 0 Å². The number of halogens is 1. The number of pyridine rings is 1. The Bertz CT molecular complexity index is 727. The van der Waals surface area contributed by atoms with E-state index in [1.54, 1.807) is 24.4 Å². The molecule has 0 amide bonds. The number of fused-ring (bicyclic) bond motifs is 1. The van der Waals surface area contributed by atoms with Crippen molar-refractivity contribution >= 4 is 17.2 Å². The van der Waals surface area contributed by atoms with Gasteiger partial charge in [-0.3, -0.25) is 14.1 Å². The largest absolute Gasteiger partial charge is 0.295 e. The highest BCUT2D eigenvalue weighted by Crippen LogP contribution is 2.22. The molecule has 22 heavy (non-hydrogen) atoms. The van der Waals surface area contributed by atoms with E-state index >= 15 is 0 Å². The Balaban J connectivity index is 1.90. The van der Waals surface area contributed by atoms with Gasteiger partial charge in [-0.25, -0.2) is 4.98 Å². The van der Waals surface area contributed by atoms with Crippen molar-refractivity contribution in [2.45, 2.75) is 45.7 Å². The van der Waals surface area contributed by atoms with E-state index < -0.39 is 0 Å². The fourth-order valence-corrected chi connectivity index (χ4v) is 3.41. The Hall–Kier alpha value is -1.39. The van der Waals surface area contributed by atoms with Gasteiger partial charge in [0, 0.05) is 31.4 Å². The molecule has 2 aromatic heterocycles. The van der Waals surface area contributed by atoms with Crippen molar-refractivity contribution in [3.8, 4) is 0 Å². The molecule has 4 nitrogen and oxygen atoms in total. The normalized spacial score (nSPS) is 23.6. The molecule has 0 saturated carbocycles. The maximum atomic E-state index is 12.3. The first-order valence-corrected chi connectivity index (χ1v) is 8.32. The number of hydrogen-bond acceptors (Lipinski definition) is 3. The topological polar surface area (TPSA) is 37.6 Å². The third kappa shape index (κ3) is 3.33. The maximum Gasteiger partial charge on any atom is 0.258 e. The Labute approximate surface area is 135 Å².